The summed E-state index contributed by atoms with van der Waals surface area (Å²) in [4.78, 5) is 33.8. The molecule has 1 aliphatic heterocycles. The maximum absolute atomic E-state index is 11.3. The van der Waals surface area contributed by atoms with Gasteiger partial charge >= 0.3 is 0 Å². The van der Waals surface area contributed by atoms with Gasteiger partial charge in [-0.15, -0.1) is 11.8 Å². The number of thioether (sulfide) groups is 1. The van der Waals surface area contributed by atoms with Gasteiger partial charge in [-0.1, -0.05) is 6.92 Å². The molecule has 0 spiro atoms. The fourth-order valence-electron chi connectivity index (χ4n) is 1.03. The second-order valence-electron chi connectivity index (χ2n) is 3.56. The molecule has 0 fully saturated rings. The lowest BCUT2D eigenvalue weighted by molar-refractivity contribution is -0.124. The molecule has 5 heteroatoms. The molecule has 0 aromatic heterocycles. The predicted octanol–water partition coefficient (Wildman–Crippen LogP) is 0.875. The Morgan fingerprint density at radius 3 is 2.40 bits per heavy atom. The van der Waals surface area contributed by atoms with Crippen molar-refractivity contribution in [1.29, 1.82) is 0 Å². The zero-order valence-electron chi connectivity index (χ0n) is 8.92. The highest BCUT2D eigenvalue weighted by atomic mass is 32.2. The summed E-state index contributed by atoms with van der Waals surface area (Å²) in [6.07, 6.45) is 0. The Bertz CT molecular complexity index is 360. The standard InChI is InChI=1S/C10H13NO3S/c1-5(7(3)12)4-15-8-6(2)9(13)11-10(8)14/h5H,4H2,1-3H3,(H,11,13,14). The van der Waals surface area contributed by atoms with Crippen molar-refractivity contribution in [2.24, 2.45) is 5.92 Å². The van der Waals surface area contributed by atoms with Crippen LogP contribution < -0.4 is 5.32 Å². The van der Waals surface area contributed by atoms with E-state index in [0.717, 1.165) is 0 Å². The Hall–Kier alpha value is -1.10. The van der Waals surface area contributed by atoms with Crippen LogP contribution in [0.3, 0.4) is 0 Å². The van der Waals surface area contributed by atoms with Crippen LogP contribution in [0.5, 0.6) is 0 Å². The van der Waals surface area contributed by atoms with E-state index < -0.39 is 0 Å². The molecule has 0 aromatic rings. The van der Waals surface area contributed by atoms with Crippen LogP contribution in [0.4, 0.5) is 0 Å². The third kappa shape index (κ3) is 2.68. The molecule has 1 heterocycles. The maximum Gasteiger partial charge on any atom is 0.264 e. The number of hydrogen-bond donors (Lipinski definition) is 1. The fraction of sp³-hybridized carbons (Fsp3) is 0.500. The van der Waals surface area contributed by atoms with Crippen LogP contribution in [0, 0.1) is 5.92 Å². The van der Waals surface area contributed by atoms with Gasteiger partial charge < -0.3 is 0 Å². The van der Waals surface area contributed by atoms with Crippen LogP contribution in [0.1, 0.15) is 20.8 Å². The number of imide groups is 1. The molecule has 1 atom stereocenters. The summed E-state index contributed by atoms with van der Waals surface area (Å²) < 4.78 is 0. The molecule has 0 aromatic carbocycles. The van der Waals surface area contributed by atoms with Crippen molar-refractivity contribution >= 4 is 29.4 Å². The Kier molecular flexibility index (Phi) is 3.68. The van der Waals surface area contributed by atoms with Gasteiger partial charge in [-0.25, -0.2) is 0 Å². The molecule has 1 rings (SSSR count). The molecule has 0 saturated heterocycles. The monoisotopic (exact) mass is 227 g/mol. The van der Waals surface area contributed by atoms with Crippen LogP contribution in [-0.4, -0.2) is 23.4 Å². The Morgan fingerprint density at radius 2 is 2.00 bits per heavy atom. The quantitative estimate of drug-likeness (QED) is 0.724. The molecule has 1 N–H and O–H groups in total. The van der Waals surface area contributed by atoms with Crippen molar-refractivity contribution < 1.29 is 14.4 Å². The second kappa shape index (κ2) is 4.61. The summed E-state index contributed by atoms with van der Waals surface area (Å²) in [6, 6.07) is 0. The van der Waals surface area contributed by atoms with Crippen LogP contribution >= 0.6 is 11.8 Å². The minimum Gasteiger partial charge on any atom is -0.300 e. The van der Waals surface area contributed by atoms with Gasteiger partial charge in [0.1, 0.15) is 5.78 Å². The Balaban J connectivity index is 2.63. The van der Waals surface area contributed by atoms with Gasteiger partial charge in [-0.05, 0) is 13.8 Å². The maximum atomic E-state index is 11.3. The third-order valence-electron chi connectivity index (χ3n) is 2.29. The molecule has 0 aliphatic carbocycles. The molecule has 1 aliphatic rings. The number of Topliss-reactive ketones (excluding diaryl/α,β-unsaturated/α-hetero) is 1. The van der Waals surface area contributed by atoms with Crippen molar-refractivity contribution in [1.82, 2.24) is 5.32 Å². The number of amides is 2. The molecular formula is C10H13NO3S. The molecule has 1 unspecified atom stereocenters. The van der Waals surface area contributed by atoms with Gasteiger partial charge in [0.2, 0.25) is 0 Å². The molecule has 82 valence electrons. The highest BCUT2D eigenvalue weighted by molar-refractivity contribution is 8.04. The molecular weight excluding hydrogens is 214 g/mol. The molecule has 15 heavy (non-hydrogen) atoms. The Morgan fingerprint density at radius 1 is 1.40 bits per heavy atom. The van der Waals surface area contributed by atoms with Crippen LogP contribution in [0.15, 0.2) is 10.5 Å². The predicted molar refractivity (Wildman–Crippen MR) is 58.2 cm³/mol. The molecule has 2 amide bonds. The minimum atomic E-state index is -0.349. The van der Waals surface area contributed by atoms with Gasteiger partial charge in [0.25, 0.3) is 11.8 Å². The third-order valence-corrected chi connectivity index (χ3v) is 3.73. The SMILES string of the molecule is CC(=O)C(C)CSC1=C(C)C(=O)NC1=O. The molecule has 0 radical (unpaired) electrons. The number of hydrogen-bond acceptors (Lipinski definition) is 4. The molecule has 0 saturated carbocycles. The van der Waals surface area contributed by atoms with E-state index in [0.29, 0.717) is 16.2 Å². The minimum absolute atomic E-state index is 0.0884. The van der Waals surface area contributed by atoms with Gasteiger partial charge in [-0.2, -0.15) is 0 Å². The summed E-state index contributed by atoms with van der Waals surface area (Å²) in [5.74, 6) is -0.164. The fourth-order valence-corrected chi connectivity index (χ4v) is 2.17. The van der Waals surface area contributed by atoms with Crippen LogP contribution in [-0.2, 0) is 14.4 Å². The van der Waals surface area contributed by atoms with E-state index in [1.54, 1.807) is 13.8 Å². The van der Waals surface area contributed by atoms with E-state index in [9.17, 15) is 14.4 Å². The van der Waals surface area contributed by atoms with Gasteiger partial charge in [0.15, 0.2) is 0 Å². The van der Waals surface area contributed by atoms with Gasteiger partial charge in [-0.3, -0.25) is 19.7 Å². The Labute approximate surface area is 92.5 Å². The van der Waals surface area contributed by atoms with Crippen molar-refractivity contribution in [2.45, 2.75) is 20.8 Å². The van der Waals surface area contributed by atoms with Crippen molar-refractivity contribution in [2.75, 3.05) is 5.75 Å². The van der Waals surface area contributed by atoms with Crippen molar-refractivity contribution in [3.8, 4) is 0 Å². The number of rotatable bonds is 4. The van der Waals surface area contributed by atoms with Crippen LogP contribution in [0.25, 0.3) is 0 Å². The lowest BCUT2D eigenvalue weighted by atomic mass is 10.1. The summed E-state index contributed by atoms with van der Waals surface area (Å²) in [5, 5.41) is 2.21. The largest absolute Gasteiger partial charge is 0.300 e. The first kappa shape index (κ1) is 12.0. The van der Waals surface area contributed by atoms with Crippen molar-refractivity contribution in [3.63, 3.8) is 0 Å². The summed E-state index contributed by atoms with van der Waals surface area (Å²) in [5.41, 5.74) is 0.445. The number of carbonyl (C=O) groups is 3. The zero-order valence-corrected chi connectivity index (χ0v) is 9.73. The highest BCUT2D eigenvalue weighted by Crippen LogP contribution is 2.26. The van der Waals surface area contributed by atoms with Gasteiger partial charge in [0, 0.05) is 17.2 Å². The van der Waals surface area contributed by atoms with E-state index in [1.807, 2.05) is 0 Å². The van der Waals surface area contributed by atoms with Gasteiger partial charge in [0.05, 0.1) is 4.91 Å². The topological polar surface area (TPSA) is 63.2 Å². The average Bonchev–Trinajstić information content (AvgIpc) is 2.38. The first-order valence-corrected chi connectivity index (χ1v) is 5.62. The second-order valence-corrected chi connectivity index (χ2v) is 4.59. The lowest BCUT2D eigenvalue weighted by Gasteiger charge is -2.06. The average molecular weight is 227 g/mol. The number of nitrogens with one attached hydrogen (secondary N) is 1. The van der Waals surface area contributed by atoms with Crippen molar-refractivity contribution in [3.05, 3.63) is 10.5 Å². The lowest BCUT2D eigenvalue weighted by Crippen LogP contribution is -2.22. The van der Waals surface area contributed by atoms with E-state index in [1.165, 1.54) is 18.7 Å². The summed E-state index contributed by atoms with van der Waals surface area (Å²) in [7, 11) is 0. The van der Waals surface area contributed by atoms with Crippen LogP contribution in [0.2, 0.25) is 0 Å². The smallest absolute Gasteiger partial charge is 0.264 e. The first-order valence-electron chi connectivity index (χ1n) is 4.63. The highest BCUT2D eigenvalue weighted by Gasteiger charge is 2.27. The molecule has 0 bridgehead atoms. The van der Waals surface area contributed by atoms with E-state index in [-0.39, 0.29) is 23.5 Å². The number of ketones is 1. The van der Waals surface area contributed by atoms with E-state index >= 15 is 0 Å². The number of carbonyl (C=O) groups excluding carboxylic acids is 3. The summed E-state index contributed by atoms with van der Waals surface area (Å²) in [6.45, 7) is 4.94. The first-order chi connectivity index (χ1) is 6.93. The van der Waals surface area contributed by atoms with E-state index in [4.69, 9.17) is 0 Å². The van der Waals surface area contributed by atoms with E-state index in [2.05, 4.69) is 5.32 Å². The molecule has 4 nitrogen and oxygen atoms in total. The zero-order chi connectivity index (χ0) is 11.6. The summed E-state index contributed by atoms with van der Waals surface area (Å²) >= 11 is 1.27. The normalized spacial score (nSPS) is 18.1.